The van der Waals surface area contributed by atoms with Gasteiger partial charge in [0.2, 0.25) is 0 Å². The third-order valence-electron chi connectivity index (χ3n) is 2.69. The molecule has 1 aromatic carbocycles. The lowest BCUT2D eigenvalue weighted by molar-refractivity contribution is 0.102. The second-order valence-electron chi connectivity index (χ2n) is 5.17. The van der Waals surface area contributed by atoms with Gasteiger partial charge in [0.05, 0.1) is 6.61 Å². The molecule has 0 amide bonds. The van der Waals surface area contributed by atoms with Gasteiger partial charge in [-0.2, -0.15) is 0 Å². The Kier molecular flexibility index (Phi) is 6.68. The maximum atomic E-state index is 9.20. The minimum Gasteiger partial charge on any atom is -0.475 e. The molecule has 0 fully saturated rings. The number of nitrogens with one attached hydrogen (secondary N) is 1. The summed E-state index contributed by atoms with van der Waals surface area (Å²) in [7, 11) is 0. The molecule has 1 rings (SSSR count). The van der Waals surface area contributed by atoms with Crippen molar-refractivity contribution in [1.29, 1.82) is 0 Å². The summed E-state index contributed by atoms with van der Waals surface area (Å²) in [5, 5.41) is 12.4. The molecule has 0 aromatic heterocycles. The molecule has 3 nitrogen and oxygen atoms in total. The van der Waals surface area contributed by atoms with Gasteiger partial charge in [-0.25, -0.2) is 0 Å². The van der Waals surface area contributed by atoms with Crippen molar-refractivity contribution in [2.75, 3.05) is 6.61 Å². The highest BCUT2D eigenvalue weighted by atomic mass is 35.5. The van der Waals surface area contributed by atoms with Gasteiger partial charge in [0.1, 0.15) is 12.0 Å². The van der Waals surface area contributed by atoms with Crippen LogP contribution in [-0.2, 0) is 0 Å². The van der Waals surface area contributed by atoms with Crippen molar-refractivity contribution in [3.63, 3.8) is 0 Å². The summed E-state index contributed by atoms with van der Waals surface area (Å²) in [6.07, 6.45) is -0.142. The van der Waals surface area contributed by atoms with E-state index in [-0.39, 0.29) is 30.8 Å². The van der Waals surface area contributed by atoms with Gasteiger partial charge in [0, 0.05) is 5.54 Å². The van der Waals surface area contributed by atoms with Gasteiger partial charge >= 0.3 is 0 Å². The molecule has 0 spiro atoms. The normalized spacial score (nSPS) is 12.8. The summed E-state index contributed by atoms with van der Waals surface area (Å²) in [6, 6.07) is 6.09. The number of aliphatic hydroxyl groups is 1. The van der Waals surface area contributed by atoms with Crippen LogP contribution in [0, 0.1) is 13.8 Å². The van der Waals surface area contributed by atoms with Crippen LogP contribution in [0.5, 0.6) is 5.75 Å². The first-order valence-corrected chi connectivity index (χ1v) is 5.97. The van der Waals surface area contributed by atoms with Crippen LogP contribution in [0.2, 0.25) is 0 Å². The van der Waals surface area contributed by atoms with E-state index in [1.807, 2.05) is 52.8 Å². The van der Waals surface area contributed by atoms with Crippen LogP contribution in [0.25, 0.3) is 0 Å². The molecule has 0 saturated heterocycles. The molecular formula is C14H24ClNO2. The highest BCUT2D eigenvalue weighted by Gasteiger charge is 2.20. The molecule has 0 heterocycles. The number of rotatable bonds is 5. The Labute approximate surface area is 116 Å². The van der Waals surface area contributed by atoms with Crippen LogP contribution >= 0.6 is 12.4 Å². The first-order valence-electron chi connectivity index (χ1n) is 5.97. The third kappa shape index (κ3) is 4.84. The van der Waals surface area contributed by atoms with E-state index in [0.29, 0.717) is 0 Å². The monoisotopic (exact) mass is 273 g/mol. The van der Waals surface area contributed by atoms with Gasteiger partial charge in [0.15, 0.2) is 0 Å². The van der Waals surface area contributed by atoms with Crippen molar-refractivity contribution in [3.8, 4) is 5.75 Å². The van der Waals surface area contributed by atoms with Crippen molar-refractivity contribution < 1.29 is 9.84 Å². The fourth-order valence-electron chi connectivity index (χ4n) is 1.79. The van der Waals surface area contributed by atoms with Crippen molar-refractivity contribution in [2.24, 2.45) is 0 Å². The van der Waals surface area contributed by atoms with Gasteiger partial charge in [-0.15, -0.1) is 12.4 Å². The second-order valence-corrected chi connectivity index (χ2v) is 5.17. The lowest BCUT2D eigenvalue weighted by Gasteiger charge is -2.29. The average Bonchev–Trinajstić information content (AvgIpc) is 2.23. The first-order chi connectivity index (χ1) is 7.85. The van der Waals surface area contributed by atoms with Gasteiger partial charge in [-0.3, -0.25) is 5.32 Å². The number of hydrogen-bond donors (Lipinski definition) is 2. The standard InChI is InChI=1S/C14H23NO2.ClH/c1-10-7-6-8-11(2)13(10)17-12(3)15-14(4,5)9-16;/h6-8,12,15-16H,9H2,1-5H3;1H. The molecule has 0 aliphatic carbocycles. The summed E-state index contributed by atoms with van der Waals surface area (Å²) in [5.41, 5.74) is 1.91. The molecular weight excluding hydrogens is 250 g/mol. The highest BCUT2D eigenvalue weighted by Crippen LogP contribution is 2.23. The summed E-state index contributed by atoms with van der Waals surface area (Å²) in [5.74, 6) is 0.918. The average molecular weight is 274 g/mol. The zero-order valence-corrected chi connectivity index (χ0v) is 12.6. The summed E-state index contributed by atoms with van der Waals surface area (Å²) >= 11 is 0. The van der Waals surface area contributed by atoms with E-state index in [4.69, 9.17) is 4.74 Å². The molecule has 0 bridgehead atoms. The number of para-hydroxylation sites is 1. The Balaban J connectivity index is 0.00000289. The van der Waals surface area contributed by atoms with Crippen molar-refractivity contribution in [3.05, 3.63) is 29.3 Å². The number of ether oxygens (including phenoxy) is 1. The van der Waals surface area contributed by atoms with Crippen LogP contribution in [0.4, 0.5) is 0 Å². The highest BCUT2D eigenvalue weighted by molar-refractivity contribution is 5.85. The molecule has 0 radical (unpaired) electrons. The van der Waals surface area contributed by atoms with E-state index < -0.39 is 0 Å². The minimum atomic E-state index is -0.337. The fourth-order valence-corrected chi connectivity index (χ4v) is 1.79. The van der Waals surface area contributed by atoms with Crippen LogP contribution in [-0.4, -0.2) is 23.5 Å². The lowest BCUT2D eigenvalue weighted by Crippen LogP contribution is -2.49. The number of halogens is 1. The van der Waals surface area contributed by atoms with Crippen molar-refractivity contribution in [2.45, 2.75) is 46.4 Å². The molecule has 1 atom stereocenters. The molecule has 4 heteroatoms. The summed E-state index contributed by atoms with van der Waals surface area (Å²) < 4.78 is 5.89. The zero-order chi connectivity index (χ0) is 13.1. The quantitative estimate of drug-likeness (QED) is 0.811. The van der Waals surface area contributed by atoms with Crippen molar-refractivity contribution >= 4 is 12.4 Å². The van der Waals surface area contributed by atoms with E-state index in [9.17, 15) is 5.11 Å². The molecule has 0 saturated carbocycles. The molecule has 104 valence electrons. The van der Waals surface area contributed by atoms with E-state index in [2.05, 4.69) is 5.32 Å². The number of aryl methyl sites for hydroxylation is 2. The zero-order valence-electron chi connectivity index (χ0n) is 11.8. The fraction of sp³-hybridized carbons (Fsp3) is 0.571. The summed E-state index contributed by atoms with van der Waals surface area (Å²) in [6.45, 7) is 9.98. The number of aliphatic hydroxyl groups excluding tert-OH is 1. The maximum Gasteiger partial charge on any atom is 0.147 e. The minimum absolute atomic E-state index is 0. The Hall–Kier alpha value is -0.770. The summed E-state index contributed by atoms with van der Waals surface area (Å²) in [4.78, 5) is 0. The Morgan fingerprint density at radius 2 is 1.78 bits per heavy atom. The number of hydrogen-bond acceptors (Lipinski definition) is 3. The molecule has 0 aliphatic rings. The molecule has 18 heavy (non-hydrogen) atoms. The van der Waals surface area contributed by atoms with E-state index in [0.717, 1.165) is 16.9 Å². The SMILES string of the molecule is Cc1cccc(C)c1OC(C)NC(C)(C)CO.Cl. The van der Waals surface area contributed by atoms with E-state index in [1.165, 1.54) is 0 Å². The maximum absolute atomic E-state index is 9.20. The Morgan fingerprint density at radius 3 is 2.22 bits per heavy atom. The molecule has 1 aromatic rings. The second kappa shape index (κ2) is 6.98. The third-order valence-corrected chi connectivity index (χ3v) is 2.69. The predicted octanol–water partition coefficient (Wildman–Crippen LogP) is 2.81. The van der Waals surface area contributed by atoms with Gasteiger partial charge in [0.25, 0.3) is 0 Å². The van der Waals surface area contributed by atoms with Crippen LogP contribution in [0.1, 0.15) is 31.9 Å². The predicted molar refractivity (Wildman–Crippen MR) is 77.6 cm³/mol. The van der Waals surface area contributed by atoms with E-state index in [1.54, 1.807) is 0 Å². The Bertz CT molecular complexity index is 360. The topological polar surface area (TPSA) is 41.5 Å². The van der Waals surface area contributed by atoms with Crippen LogP contribution in [0.3, 0.4) is 0 Å². The van der Waals surface area contributed by atoms with Crippen LogP contribution < -0.4 is 10.1 Å². The molecule has 2 N–H and O–H groups in total. The smallest absolute Gasteiger partial charge is 0.147 e. The van der Waals surface area contributed by atoms with Crippen LogP contribution in [0.15, 0.2) is 18.2 Å². The lowest BCUT2D eigenvalue weighted by atomic mass is 10.1. The van der Waals surface area contributed by atoms with Gasteiger partial charge in [-0.1, -0.05) is 18.2 Å². The first kappa shape index (κ1) is 17.2. The van der Waals surface area contributed by atoms with Crippen molar-refractivity contribution in [1.82, 2.24) is 5.32 Å². The van der Waals surface area contributed by atoms with Gasteiger partial charge in [-0.05, 0) is 45.7 Å². The Morgan fingerprint density at radius 1 is 1.28 bits per heavy atom. The molecule has 1 unspecified atom stereocenters. The van der Waals surface area contributed by atoms with E-state index >= 15 is 0 Å². The molecule has 0 aliphatic heterocycles. The largest absolute Gasteiger partial charge is 0.475 e. The number of benzene rings is 1. The van der Waals surface area contributed by atoms with Gasteiger partial charge < -0.3 is 9.84 Å².